The number of anilines is 1. The van der Waals surface area contributed by atoms with Crippen molar-refractivity contribution in [1.29, 1.82) is 0 Å². The molecule has 0 unspecified atom stereocenters. The summed E-state index contributed by atoms with van der Waals surface area (Å²) in [6.07, 6.45) is 2.63. The van der Waals surface area contributed by atoms with Crippen molar-refractivity contribution in [2.75, 3.05) is 11.9 Å². The minimum Gasteiger partial charge on any atom is -0.355 e. The number of pyridine rings is 1. The topological polar surface area (TPSA) is 152 Å². The minimum absolute atomic E-state index is 0.121. The molecular weight excluding hydrogens is 701 g/mol. The molecule has 2 fully saturated rings. The number of Topliss-reactive ketones (excluding diaryl/α,β-unsaturated/α-hetero) is 1. The normalized spacial score (nSPS) is 23.1. The summed E-state index contributed by atoms with van der Waals surface area (Å²) in [5, 5.41) is 10.9. The Morgan fingerprint density at radius 1 is 1.04 bits per heavy atom. The number of aryl methyl sites for hydroxylation is 3. The van der Waals surface area contributed by atoms with Gasteiger partial charge in [0.05, 0.1) is 23.1 Å². The van der Waals surface area contributed by atoms with E-state index < -0.39 is 41.2 Å². The fourth-order valence-electron chi connectivity index (χ4n) is 8.13. The SMILES string of the molecule is CC(=O)c1nn2c3c(cc(-c4cnc(C)cn4)cc13)CCCCC(C)(C)CC(=O)NC[C@@]13C[C@@H](C(=O)Nc4nc(C(F)(F)F)ccc4C)N(C(=O)C2)[C@@H]1C3. The number of hydrogen-bond donors (Lipinski definition) is 2. The van der Waals surface area contributed by atoms with E-state index in [0.29, 0.717) is 41.4 Å². The van der Waals surface area contributed by atoms with Crippen molar-refractivity contribution in [3.8, 4) is 11.3 Å². The molecule has 1 aromatic carbocycles. The average molecular weight is 745 g/mol. The van der Waals surface area contributed by atoms with E-state index in [-0.39, 0.29) is 48.1 Å². The maximum atomic E-state index is 14.5. The summed E-state index contributed by atoms with van der Waals surface area (Å²) in [4.78, 5) is 68.9. The fourth-order valence-corrected chi connectivity index (χ4v) is 8.13. The van der Waals surface area contributed by atoms with Gasteiger partial charge in [0.1, 0.15) is 29.8 Å². The number of piperidine rings is 1. The largest absolute Gasteiger partial charge is 0.433 e. The number of alkyl halides is 3. The number of halogens is 3. The van der Waals surface area contributed by atoms with Crippen molar-refractivity contribution in [2.45, 2.75) is 104 Å². The highest BCUT2D eigenvalue weighted by molar-refractivity contribution is 6.07. The first-order valence-corrected chi connectivity index (χ1v) is 18.2. The summed E-state index contributed by atoms with van der Waals surface area (Å²) >= 11 is 0. The summed E-state index contributed by atoms with van der Waals surface area (Å²) in [5.74, 6) is -1.77. The molecule has 1 aliphatic carbocycles. The number of nitrogens with one attached hydrogen (secondary N) is 2. The zero-order chi connectivity index (χ0) is 38.7. The molecule has 12 nitrogen and oxygen atoms in total. The van der Waals surface area contributed by atoms with Crippen LogP contribution in [0.1, 0.15) is 92.3 Å². The quantitative estimate of drug-likeness (QED) is 0.242. The Labute approximate surface area is 310 Å². The molecule has 3 atom stereocenters. The van der Waals surface area contributed by atoms with Gasteiger partial charge in [0, 0.05) is 48.5 Å². The molecule has 4 aromatic rings. The van der Waals surface area contributed by atoms with E-state index in [1.54, 1.807) is 12.4 Å². The lowest BCUT2D eigenvalue weighted by Crippen LogP contribution is -2.47. The molecule has 1 saturated carbocycles. The van der Waals surface area contributed by atoms with Crippen LogP contribution in [-0.4, -0.2) is 71.8 Å². The second-order valence-corrected chi connectivity index (χ2v) is 15.9. The standard InChI is InChI=1S/C39H43F3N8O4/c1-21-9-10-29(39(40,41)42)46-35(21)47-36(54)28-14-38-15-30(38)50(28)32(53)19-49-34-24(8-6-7-11-37(4,5)16-31(52)45-20-38)12-25(27-18-43-22(2)17-44-27)13-26(34)33(48-49)23(3)51/h9-10,12-13,17-18,28,30H,6-8,11,14-16,19-20H2,1-5H3,(H,45,52)(H,46,47,54)/t28-,30+,38-/m0/s1. The molecule has 1 saturated heterocycles. The zero-order valence-electron chi connectivity index (χ0n) is 30.9. The third-order valence-corrected chi connectivity index (χ3v) is 11.1. The molecule has 3 aliphatic rings. The van der Waals surface area contributed by atoms with Gasteiger partial charge in [0.2, 0.25) is 17.7 Å². The van der Waals surface area contributed by atoms with E-state index in [1.807, 2.05) is 19.1 Å². The van der Waals surface area contributed by atoms with Crippen molar-refractivity contribution < 1.29 is 32.3 Å². The number of amides is 3. The minimum atomic E-state index is -4.72. The van der Waals surface area contributed by atoms with Crippen molar-refractivity contribution in [3.63, 3.8) is 0 Å². The highest BCUT2D eigenvalue weighted by Crippen LogP contribution is 2.59. The number of rotatable bonds is 4. The summed E-state index contributed by atoms with van der Waals surface area (Å²) in [6.45, 7) is 8.87. The molecular formula is C39H43F3N8O4. The molecule has 54 heavy (non-hydrogen) atoms. The number of nitrogens with zero attached hydrogens (tertiary/aromatic N) is 6. The summed E-state index contributed by atoms with van der Waals surface area (Å²) in [5.41, 5.74) is 2.10. The third-order valence-electron chi connectivity index (χ3n) is 11.1. The Morgan fingerprint density at radius 2 is 1.81 bits per heavy atom. The lowest BCUT2D eigenvalue weighted by molar-refractivity contribution is -0.141. The van der Waals surface area contributed by atoms with Crippen LogP contribution in [0, 0.1) is 24.7 Å². The number of benzene rings is 1. The van der Waals surface area contributed by atoms with Gasteiger partial charge in [-0.3, -0.25) is 33.8 Å². The van der Waals surface area contributed by atoms with Crippen LogP contribution in [-0.2, 0) is 33.5 Å². The second kappa shape index (κ2) is 13.6. The molecule has 2 bridgehead atoms. The predicted octanol–water partition coefficient (Wildman–Crippen LogP) is 5.98. The van der Waals surface area contributed by atoms with Crippen molar-refractivity contribution in [3.05, 3.63) is 64.9 Å². The molecule has 0 spiro atoms. The third kappa shape index (κ3) is 7.19. The Bertz CT molecular complexity index is 2180. The van der Waals surface area contributed by atoms with E-state index in [1.165, 1.54) is 29.5 Å². The van der Waals surface area contributed by atoms with Crippen molar-refractivity contribution in [2.24, 2.45) is 10.8 Å². The van der Waals surface area contributed by atoms with Gasteiger partial charge in [-0.05, 0) is 80.7 Å². The van der Waals surface area contributed by atoms with Gasteiger partial charge >= 0.3 is 6.18 Å². The van der Waals surface area contributed by atoms with E-state index in [4.69, 9.17) is 0 Å². The molecule has 284 valence electrons. The van der Waals surface area contributed by atoms with Crippen molar-refractivity contribution in [1.82, 2.24) is 34.9 Å². The van der Waals surface area contributed by atoms with Crippen LogP contribution in [0.25, 0.3) is 22.2 Å². The summed E-state index contributed by atoms with van der Waals surface area (Å²) in [7, 11) is 0. The summed E-state index contributed by atoms with van der Waals surface area (Å²) < 4.78 is 42.2. The van der Waals surface area contributed by atoms with Gasteiger partial charge in [-0.25, -0.2) is 4.98 Å². The molecule has 2 aliphatic heterocycles. The number of carbonyl (C=O) groups is 4. The predicted molar refractivity (Wildman–Crippen MR) is 193 cm³/mol. The number of ketones is 1. The first-order valence-electron chi connectivity index (χ1n) is 18.2. The van der Waals surface area contributed by atoms with Crippen LogP contribution in [0.3, 0.4) is 0 Å². The monoisotopic (exact) mass is 744 g/mol. The Kier molecular flexibility index (Phi) is 9.33. The molecule has 3 amide bonds. The summed E-state index contributed by atoms with van der Waals surface area (Å²) in [6, 6.07) is 4.45. The van der Waals surface area contributed by atoms with E-state index >= 15 is 0 Å². The van der Waals surface area contributed by atoms with Gasteiger partial charge in [-0.2, -0.15) is 18.3 Å². The van der Waals surface area contributed by atoms with Gasteiger partial charge in [0.15, 0.2) is 5.78 Å². The molecule has 2 N–H and O–H groups in total. The van der Waals surface area contributed by atoms with Crippen LogP contribution in [0.15, 0.2) is 36.7 Å². The number of carbonyl (C=O) groups excluding carboxylic acids is 4. The molecule has 7 rings (SSSR count). The fraction of sp³-hybridized carbons (Fsp3) is 0.487. The second-order valence-electron chi connectivity index (χ2n) is 15.9. The van der Waals surface area contributed by atoms with E-state index in [0.717, 1.165) is 42.1 Å². The highest BCUT2D eigenvalue weighted by atomic mass is 19.4. The first-order chi connectivity index (χ1) is 25.4. The number of aromatic nitrogens is 5. The Morgan fingerprint density at radius 3 is 2.52 bits per heavy atom. The van der Waals surface area contributed by atoms with Gasteiger partial charge in [-0.15, -0.1) is 0 Å². The van der Waals surface area contributed by atoms with E-state index in [9.17, 15) is 32.3 Å². The maximum absolute atomic E-state index is 14.5. The van der Waals surface area contributed by atoms with Crippen LogP contribution >= 0.6 is 0 Å². The lowest BCUT2D eigenvalue weighted by Gasteiger charge is -2.27. The van der Waals surface area contributed by atoms with Crippen LogP contribution in [0.5, 0.6) is 0 Å². The first kappa shape index (κ1) is 37.1. The molecule has 15 heteroatoms. The number of hydrogen-bond acceptors (Lipinski definition) is 8. The van der Waals surface area contributed by atoms with Gasteiger partial charge in [-0.1, -0.05) is 26.3 Å². The average Bonchev–Trinajstić information content (AvgIpc) is 3.51. The van der Waals surface area contributed by atoms with Crippen LogP contribution in [0.2, 0.25) is 0 Å². The van der Waals surface area contributed by atoms with Crippen LogP contribution < -0.4 is 10.6 Å². The van der Waals surface area contributed by atoms with Crippen molar-refractivity contribution >= 4 is 40.2 Å². The zero-order valence-corrected chi connectivity index (χ0v) is 30.9. The maximum Gasteiger partial charge on any atom is 0.433 e. The van der Waals surface area contributed by atoms with Gasteiger partial charge < -0.3 is 15.5 Å². The van der Waals surface area contributed by atoms with E-state index in [2.05, 4.69) is 44.5 Å². The van der Waals surface area contributed by atoms with Crippen LogP contribution in [0.4, 0.5) is 19.0 Å². The lowest BCUT2D eigenvalue weighted by atomic mass is 9.83. The molecule has 0 radical (unpaired) electrons. The smallest absolute Gasteiger partial charge is 0.355 e. The molecule has 3 aromatic heterocycles. The highest BCUT2D eigenvalue weighted by Gasteiger charge is 2.67. The molecule has 5 heterocycles. The Balaban J connectivity index is 1.30. The Hall–Kier alpha value is -5.21. The van der Waals surface area contributed by atoms with Gasteiger partial charge in [0.25, 0.3) is 0 Å².